The number of hydrogen-bond donors (Lipinski definition) is 0. The standard InChI is InChI=1S/C10H8O/c1-3-9-5-4-6-10(11)8(2)7-9/h1,4-7H,2H3. The lowest BCUT2D eigenvalue weighted by atomic mass is 10.2. The fourth-order valence-corrected chi connectivity index (χ4v) is 0.813. The Kier molecular flexibility index (Phi) is 2.08. The molecule has 1 nitrogen and oxygen atoms in total. The van der Waals surface area contributed by atoms with E-state index in [-0.39, 0.29) is 5.43 Å². The third kappa shape index (κ3) is 1.68. The lowest BCUT2D eigenvalue weighted by Crippen LogP contribution is -1.97. The molecule has 0 aliphatic rings. The molecule has 0 unspecified atom stereocenters. The Morgan fingerprint density at radius 3 is 2.82 bits per heavy atom. The Labute approximate surface area is 65.7 Å². The van der Waals surface area contributed by atoms with E-state index in [1.165, 1.54) is 6.07 Å². The average molecular weight is 144 g/mol. The van der Waals surface area contributed by atoms with E-state index in [1.54, 1.807) is 25.1 Å². The maximum absolute atomic E-state index is 11.0. The van der Waals surface area contributed by atoms with Crippen LogP contribution in [0.2, 0.25) is 0 Å². The van der Waals surface area contributed by atoms with E-state index < -0.39 is 0 Å². The van der Waals surface area contributed by atoms with E-state index in [4.69, 9.17) is 6.42 Å². The quantitative estimate of drug-likeness (QED) is 0.502. The van der Waals surface area contributed by atoms with Crippen LogP contribution >= 0.6 is 0 Å². The van der Waals surface area contributed by atoms with Crippen LogP contribution in [0.4, 0.5) is 0 Å². The molecule has 0 N–H and O–H groups in total. The summed E-state index contributed by atoms with van der Waals surface area (Å²) in [6, 6.07) is 6.64. The smallest absolute Gasteiger partial charge is 0.181 e. The van der Waals surface area contributed by atoms with Crippen molar-refractivity contribution in [3.05, 3.63) is 45.6 Å². The maximum Gasteiger partial charge on any atom is 0.181 e. The zero-order chi connectivity index (χ0) is 8.27. The monoisotopic (exact) mass is 144 g/mol. The Hall–Kier alpha value is -1.55. The van der Waals surface area contributed by atoms with Crippen LogP contribution in [0.3, 0.4) is 0 Å². The van der Waals surface area contributed by atoms with Gasteiger partial charge < -0.3 is 0 Å². The van der Waals surface area contributed by atoms with Crippen molar-refractivity contribution in [3.63, 3.8) is 0 Å². The molecule has 0 bridgehead atoms. The minimum atomic E-state index is 0.0199. The SMILES string of the molecule is C#Cc1cccc(=O)c(C)c1. The van der Waals surface area contributed by atoms with Gasteiger partial charge in [0.2, 0.25) is 0 Å². The van der Waals surface area contributed by atoms with Crippen molar-refractivity contribution in [2.24, 2.45) is 0 Å². The molecule has 0 aromatic heterocycles. The van der Waals surface area contributed by atoms with Crippen molar-refractivity contribution >= 4 is 0 Å². The molecule has 0 aliphatic heterocycles. The zero-order valence-corrected chi connectivity index (χ0v) is 6.29. The number of aryl methyl sites for hydroxylation is 1. The van der Waals surface area contributed by atoms with Gasteiger partial charge in [-0.1, -0.05) is 12.0 Å². The molecule has 1 rings (SSSR count). The van der Waals surface area contributed by atoms with Gasteiger partial charge in [0.05, 0.1) is 0 Å². The summed E-state index contributed by atoms with van der Waals surface area (Å²) in [7, 11) is 0. The summed E-state index contributed by atoms with van der Waals surface area (Å²) in [6.45, 7) is 1.75. The fourth-order valence-electron chi connectivity index (χ4n) is 0.813. The lowest BCUT2D eigenvalue weighted by Gasteiger charge is -1.81. The van der Waals surface area contributed by atoms with Crippen molar-refractivity contribution in [2.75, 3.05) is 0 Å². The van der Waals surface area contributed by atoms with Gasteiger partial charge in [-0.15, -0.1) is 6.42 Å². The topological polar surface area (TPSA) is 17.1 Å². The van der Waals surface area contributed by atoms with E-state index in [2.05, 4.69) is 5.92 Å². The molecule has 1 aromatic rings. The highest BCUT2D eigenvalue weighted by Gasteiger charge is 1.89. The molecule has 0 spiro atoms. The van der Waals surface area contributed by atoms with Crippen LogP contribution in [-0.2, 0) is 0 Å². The summed E-state index contributed by atoms with van der Waals surface area (Å²) in [5, 5.41) is 0. The first-order valence-corrected chi connectivity index (χ1v) is 3.31. The van der Waals surface area contributed by atoms with Gasteiger partial charge in [-0.05, 0) is 30.7 Å². The van der Waals surface area contributed by atoms with Gasteiger partial charge in [0.1, 0.15) is 0 Å². The molecule has 0 aliphatic carbocycles. The second kappa shape index (κ2) is 3.03. The summed E-state index contributed by atoms with van der Waals surface area (Å²) in [4.78, 5) is 11.0. The van der Waals surface area contributed by atoms with Crippen molar-refractivity contribution < 1.29 is 0 Å². The molecule has 1 aromatic carbocycles. The van der Waals surface area contributed by atoms with Crippen LogP contribution in [0.25, 0.3) is 0 Å². The van der Waals surface area contributed by atoms with Crippen LogP contribution in [0, 0.1) is 19.3 Å². The van der Waals surface area contributed by atoms with E-state index >= 15 is 0 Å². The van der Waals surface area contributed by atoms with E-state index in [0.717, 1.165) is 5.56 Å². The zero-order valence-electron chi connectivity index (χ0n) is 6.29. The van der Waals surface area contributed by atoms with Gasteiger partial charge in [0, 0.05) is 5.56 Å². The highest BCUT2D eigenvalue weighted by Crippen LogP contribution is 1.94. The van der Waals surface area contributed by atoms with Gasteiger partial charge >= 0.3 is 0 Å². The lowest BCUT2D eigenvalue weighted by molar-refractivity contribution is 1.43. The Morgan fingerprint density at radius 2 is 2.18 bits per heavy atom. The Balaban J connectivity index is 3.47. The van der Waals surface area contributed by atoms with E-state index in [0.29, 0.717) is 5.56 Å². The molecule has 0 fully saturated rings. The van der Waals surface area contributed by atoms with Crippen molar-refractivity contribution in [1.82, 2.24) is 0 Å². The highest BCUT2D eigenvalue weighted by molar-refractivity contribution is 5.33. The number of hydrogen-bond acceptors (Lipinski definition) is 1. The summed E-state index contributed by atoms with van der Waals surface area (Å²) in [6.07, 6.45) is 5.17. The second-order valence-electron chi connectivity index (χ2n) is 2.32. The van der Waals surface area contributed by atoms with Crippen LogP contribution in [0.5, 0.6) is 0 Å². The van der Waals surface area contributed by atoms with Gasteiger partial charge in [0.25, 0.3) is 0 Å². The molecule has 0 atom stereocenters. The highest BCUT2D eigenvalue weighted by atomic mass is 16.1. The fraction of sp³-hybridized carbons (Fsp3) is 0.100. The molecule has 0 saturated carbocycles. The summed E-state index contributed by atoms with van der Waals surface area (Å²) in [5.74, 6) is 2.48. The molecular weight excluding hydrogens is 136 g/mol. The largest absolute Gasteiger partial charge is 0.290 e. The summed E-state index contributed by atoms with van der Waals surface area (Å²) >= 11 is 0. The average Bonchev–Trinajstić information content (AvgIpc) is 2.15. The number of terminal acetylenes is 1. The van der Waals surface area contributed by atoms with Crippen LogP contribution in [-0.4, -0.2) is 0 Å². The predicted octanol–water partition coefficient (Wildman–Crippen LogP) is 1.34. The van der Waals surface area contributed by atoms with Crippen LogP contribution in [0.1, 0.15) is 11.1 Å². The first kappa shape index (κ1) is 7.56. The molecular formula is C10H8O. The van der Waals surface area contributed by atoms with Crippen LogP contribution < -0.4 is 5.43 Å². The third-order valence-electron chi connectivity index (χ3n) is 1.45. The van der Waals surface area contributed by atoms with E-state index in [1.807, 2.05) is 0 Å². The van der Waals surface area contributed by atoms with Gasteiger partial charge in [-0.2, -0.15) is 0 Å². The Bertz CT molecular complexity index is 358. The molecule has 11 heavy (non-hydrogen) atoms. The minimum absolute atomic E-state index is 0.0199. The summed E-state index contributed by atoms with van der Waals surface area (Å²) < 4.78 is 0. The molecule has 0 radical (unpaired) electrons. The van der Waals surface area contributed by atoms with Gasteiger partial charge in [0.15, 0.2) is 5.43 Å². The molecule has 1 heteroatoms. The van der Waals surface area contributed by atoms with Gasteiger partial charge in [-0.3, -0.25) is 4.79 Å². The number of rotatable bonds is 0. The van der Waals surface area contributed by atoms with Crippen molar-refractivity contribution in [1.29, 1.82) is 0 Å². The third-order valence-corrected chi connectivity index (χ3v) is 1.45. The molecule has 0 amide bonds. The molecule has 0 heterocycles. The summed E-state index contributed by atoms with van der Waals surface area (Å²) in [5.41, 5.74) is 1.44. The first-order chi connectivity index (χ1) is 5.24. The maximum atomic E-state index is 11.0. The molecule has 54 valence electrons. The van der Waals surface area contributed by atoms with Crippen LogP contribution in [0.15, 0.2) is 29.1 Å². The van der Waals surface area contributed by atoms with Crippen molar-refractivity contribution in [3.8, 4) is 12.3 Å². The van der Waals surface area contributed by atoms with Gasteiger partial charge in [-0.25, -0.2) is 0 Å². The second-order valence-corrected chi connectivity index (χ2v) is 2.32. The van der Waals surface area contributed by atoms with Crippen molar-refractivity contribution in [2.45, 2.75) is 6.92 Å². The predicted molar refractivity (Wildman–Crippen MR) is 45.4 cm³/mol. The minimum Gasteiger partial charge on any atom is -0.290 e. The first-order valence-electron chi connectivity index (χ1n) is 3.31. The van der Waals surface area contributed by atoms with E-state index in [9.17, 15) is 4.79 Å². The molecule has 0 saturated heterocycles. The normalized spacial score (nSPS) is 8.73. The Morgan fingerprint density at radius 1 is 1.45 bits per heavy atom.